The molecule has 0 spiro atoms. The molecule has 2 heterocycles. The predicted molar refractivity (Wildman–Crippen MR) is 178 cm³/mol. The van der Waals surface area contributed by atoms with Gasteiger partial charge in [0.1, 0.15) is 18.1 Å². The van der Waals surface area contributed by atoms with Gasteiger partial charge in [0.05, 0.1) is 6.04 Å². The number of piperazine rings is 1. The van der Waals surface area contributed by atoms with E-state index in [1.54, 1.807) is 0 Å². The molecule has 2 aliphatic heterocycles. The fourth-order valence-electron chi connectivity index (χ4n) is 6.32. The first-order valence-electron chi connectivity index (χ1n) is 16.6. The number of nitrogens with one attached hydrogen (secondary N) is 4. The van der Waals surface area contributed by atoms with Gasteiger partial charge in [0.25, 0.3) is 0 Å². The highest BCUT2D eigenvalue weighted by atomic mass is 16.2. The molecule has 6 atom stereocenters. The number of carbonyl (C=O) groups is 4. The molecule has 4 rings (SSSR count). The van der Waals surface area contributed by atoms with Gasteiger partial charge in [0, 0.05) is 31.6 Å². The number of nitrogens with zero attached hydrogens (tertiary/aromatic N) is 1. The molecule has 0 radical (unpaired) electrons. The van der Waals surface area contributed by atoms with Crippen molar-refractivity contribution < 1.29 is 19.2 Å². The summed E-state index contributed by atoms with van der Waals surface area (Å²) < 4.78 is 0. The van der Waals surface area contributed by atoms with Crippen molar-refractivity contribution in [2.24, 2.45) is 17.4 Å². The van der Waals surface area contributed by atoms with Crippen LogP contribution in [0.2, 0.25) is 0 Å². The molecule has 0 aromatic heterocycles. The van der Waals surface area contributed by atoms with Crippen LogP contribution in [-0.2, 0) is 32.0 Å². The van der Waals surface area contributed by atoms with Gasteiger partial charge in [0.2, 0.25) is 23.6 Å². The molecular formula is C35H51N7O4. The summed E-state index contributed by atoms with van der Waals surface area (Å²) in [6, 6.07) is 15.7. The van der Waals surface area contributed by atoms with Crippen LogP contribution in [0.3, 0.4) is 0 Å². The molecule has 2 saturated heterocycles. The third kappa shape index (κ3) is 9.85. The third-order valence-electron chi connectivity index (χ3n) is 8.80. The van der Waals surface area contributed by atoms with E-state index in [4.69, 9.17) is 11.5 Å². The van der Waals surface area contributed by atoms with Crippen molar-refractivity contribution >= 4 is 23.6 Å². The molecule has 4 amide bonds. The molecular weight excluding hydrogens is 582 g/mol. The molecule has 0 aliphatic carbocycles. The van der Waals surface area contributed by atoms with E-state index in [-0.39, 0.29) is 30.3 Å². The van der Waals surface area contributed by atoms with E-state index < -0.39 is 41.9 Å². The van der Waals surface area contributed by atoms with Crippen LogP contribution in [-0.4, -0.2) is 84.4 Å². The minimum Gasteiger partial charge on any atom is -0.343 e. The molecule has 11 nitrogen and oxygen atoms in total. The van der Waals surface area contributed by atoms with E-state index in [0.717, 1.165) is 37.1 Å². The lowest BCUT2D eigenvalue weighted by Gasteiger charge is -2.54. The predicted octanol–water partition coefficient (Wildman–Crippen LogP) is 1.00. The summed E-state index contributed by atoms with van der Waals surface area (Å²) in [5.74, 6) is -1.36. The Morgan fingerprint density at radius 1 is 0.783 bits per heavy atom. The molecule has 2 aromatic carbocycles. The van der Waals surface area contributed by atoms with E-state index in [1.165, 1.54) is 0 Å². The Balaban J connectivity index is 1.47. The zero-order valence-corrected chi connectivity index (χ0v) is 27.1. The maximum Gasteiger partial charge on any atom is 0.245 e. The van der Waals surface area contributed by atoms with Gasteiger partial charge in [0.15, 0.2) is 0 Å². The number of fused-ring (bicyclic) bond motifs is 2. The minimum atomic E-state index is -0.964. The van der Waals surface area contributed by atoms with Crippen molar-refractivity contribution in [2.45, 2.75) is 95.0 Å². The van der Waals surface area contributed by atoms with Crippen LogP contribution < -0.4 is 32.7 Å². The van der Waals surface area contributed by atoms with Crippen molar-refractivity contribution in [3.63, 3.8) is 0 Å². The highest BCUT2D eigenvalue weighted by Gasteiger charge is 2.46. The molecule has 2 bridgehead atoms. The van der Waals surface area contributed by atoms with Gasteiger partial charge < -0.3 is 37.6 Å². The van der Waals surface area contributed by atoms with Gasteiger partial charge in [-0.2, -0.15) is 0 Å². The first kappa shape index (κ1) is 35.1. The largest absolute Gasteiger partial charge is 0.343 e. The molecule has 8 N–H and O–H groups in total. The summed E-state index contributed by atoms with van der Waals surface area (Å²) >= 11 is 0. The van der Waals surface area contributed by atoms with Crippen molar-refractivity contribution in [1.82, 2.24) is 26.2 Å². The summed E-state index contributed by atoms with van der Waals surface area (Å²) in [7, 11) is 0. The Hall–Kier alpha value is -3.80. The van der Waals surface area contributed by atoms with Crippen LogP contribution in [0.15, 0.2) is 60.7 Å². The zero-order valence-electron chi connectivity index (χ0n) is 27.1. The average Bonchev–Trinajstić information content (AvgIpc) is 3.04. The maximum absolute atomic E-state index is 13.8. The SMILES string of the molecule is CC(C)CC(NC(=O)C(Cc1ccccc1)NC(=O)C(N)Cc1ccccc1)C(=O)NC(CCCCN)C(=O)N1C2CNCC1C2. The van der Waals surface area contributed by atoms with E-state index in [0.29, 0.717) is 32.2 Å². The topological polar surface area (TPSA) is 172 Å². The molecule has 0 saturated carbocycles. The van der Waals surface area contributed by atoms with Crippen LogP contribution >= 0.6 is 0 Å². The fourth-order valence-corrected chi connectivity index (χ4v) is 6.32. The Morgan fingerprint density at radius 3 is 1.89 bits per heavy atom. The lowest BCUT2D eigenvalue weighted by atomic mass is 9.87. The number of benzene rings is 2. The number of hydrogen-bond acceptors (Lipinski definition) is 7. The van der Waals surface area contributed by atoms with Crippen LogP contribution in [0.1, 0.15) is 57.1 Å². The van der Waals surface area contributed by atoms with Gasteiger partial charge >= 0.3 is 0 Å². The highest BCUT2D eigenvalue weighted by Crippen LogP contribution is 2.29. The summed E-state index contributed by atoms with van der Waals surface area (Å²) in [5, 5.41) is 12.1. The standard InChI is InChI=1S/C35H51N7O4/c1-23(2)17-30(33(44)39-29(15-9-10-16-36)35(46)42-26-20-27(42)22-38-21-26)41-34(45)31(19-25-13-7-4-8-14-25)40-32(43)28(37)18-24-11-5-3-6-12-24/h3-8,11-14,23,26-31,38H,9-10,15-22,36-37H2,1-2H3,(H,39,44)(H,40,43)(H,41,45). The normalized spacial score (nSPS) is 19.7. The van der Waals surface area contributed by atoms with Gasteiger partial charge in [-0.3, -0.25) is 19.2 Å². The lowest BCUT2D eigenvalue weighted by molar-refractivity contribution is -0.151. The Labute approximate surface area is 272 Å². The second kappa shape index (κ2) is 17.2. The van der Waals surface area contributed by atoms with Crippen LogP contribution in [0.25, 0.3) is 0 Å². The summed E-state index contributed by atoms with van der Waals surface area (Å²) in [6.07, 6.45) is 3.78. The lowest BCUT2D eigenvalue weighted by Crippen LogP contribution is -2.72. The Morgan fingerprint density at radius 2 is 1.33 bits per heavy atom. The minimum absolute atomic E-state index is 0.0738. The molecule has 250 valence electrons. The third-order valence-corrected chi connectivity index (χ3v) is 8.80. The van der Waals surface area contributed by atoms with E-state index >= 15 is 0 Å². The molecule has 2 aliphatic rings. The number of piperidine rings is 1. The molecule has 2 fully saturated rings. The fraction of sp³-hybridized carbons (Fsp3) is 0.543. The molecule has 11 heteroatoms. The maximum atomic E-state index is 13.8. The molecule has 46 heavy (non-hydrogen) atoms. The van der Waals surface area contributed by atoms with E-state index in [2.05, 4.69) is 21.3 Å². The smallest absolute Gasteiger partial charge is 0.245 e. The van der Waals surface area contributed by atoms with Gasteiger partial charge in [-0.25, -0.2) is 0 Å². The van der Waals surface area contributed by atoms with Crippen molar-refractivity contribution in [1.29, 1.82) is 0 Å². The van der Waals surface area contributed by atoms with Crippen molar-refractivity contribution in [3.05, 3.63) is 71.8 Å². The van der Waals surface area contributed by atoms with E-state index in [1.807, 2.05) is 79.4 Å². The number of nitrogens with two attached hydrogens (primary N) is 2. The van der Waals surface area contributed by atoms with Gasteiger partial charge in [-0.15, -0.1) is 0 Å². The molecule has 2 aromatic rings. The first-order chi connectivity index (χ1) is 22.2. The summed E-state index contributed by atoms with van der Waals surface area (Å²) in [4.78, 5) is 56.5. The molecule has 6 unspecified atom stereocenters. The zero-order chi connectivity index (χ0) is 33.1. The Bertz CT molecular complexity index is 1280. The highest BCUT2D eigenvalue weighted by molar-refractivity contribution is 5.95. The second-order valence-electron chi connectivity index (χ2n) is 13.0. The second-order valence-corrected chi connectivity index (χ2v) is 13.0. The van der Waals surface area contributed by atoms with Crippen LogP contribution in [0.5, 0.6) is 0 Å². The number of unbranched alkanes of at least 4 members (excludes halogenated alkanes) is 1. The van der Waals surface area contributed by atoms with E-state index in [9.17, 15) is 19.2 Å². The summed E-state index contributed by atoms with van der Waals surface area (Å²) in [6.45, 7) is 5.94. The van der Waals surface area contributed by atoms with Crippen LogP contribution in [0.4, 0.5) is 0 Å². The monoisotopic (exact) mass is 633 g/mol. The number of amides is 4. The number of rotatable bonds is 17. The summed E-state index contributed by atoms with van der Waals surface area (Å²) in [5.41, 5.74) is 13.7. The van der Waals surface area contributed by atoms with Crippen molar-refractivity contribution in [3.8, 4) is 0 Å². The number of carbonyl (C=O) groups excluding carboxylic acids is 4. The number of hydrogen-bond donors (Lipinski definition) is 6. The average molecular weight is 634 g/mol. The van der Waals surface area contributed by atoms with Crippen molar-refractivity contribution in [2.75, 3.05) is 19.6 Å². The quantitative estimate of drug-likeness (QED) is 0.141. The Kier molecular flexibility index (Phi) is 13.1. The van der Waals surface area contributed by atoms with Gasteiger partial charge in [-0.1, -0.05) is 74.5 Å². The first-order valence-corrected chi connectivity index (χ1v) is 16.6. The van der Waals surface area contributed by atoms with Gasteiger partial charge in [-0.05, 0) is 62.1 Å². The van der Waals surface area contributed by atoms with Crippen LogP contribution in [0, 0.1) is 5.92 Å².